The van der Waals surface area contributed by atoms with E-state index in [0.29, 0.717) is 12.6 Å². The lowest BCUT2D eigenvalue weighted by molar-refractivity contribution is -0.0922. The molecule has 2 aromatic rings. The van der Waals surface area contributed by atoms with E-state index in [1.807, 2.05) is 38.1 Å². The Bertz CT molecular complexity index is 1120. The molecule has 2 amide bonds. The summed E-state index contributed by atoms with van der Waals surface area (Å²) in [5.41, 5.74) is 3.24. The summed E-state index contributed by atoms with van der Waals surface area (Å²) in [4.78, 5) is 28.1. The molecule has 0 aliphatic carbocycles. The molecule has 1 heterocycles. The predicted molar refractivity (Wildman–Crippen MR) is 126 cm³/mol. The number of halogens is 3. The van der Waals surface area contributed by atoms with Gasteiger partial charge in [0.25, 0.3) is 0 Å². The van der Waals surface area contributed by atoms with Gasteiger partial charge in [-0.25, -0.2) is 14.8 Å². The zero-order chi connectivity index (χ0) is 26.0. The molecule has 0 radical (unpaired) electrons. The summed E-state index contributed by atoms with van der Waals surface area (Å²) in [5, 5.41) is 7.46. The van der Waals surface area contributed by atoms with E-state index in [2.05, 4.69) is 42.5 Å². The SMILES string of the molecule is C=N/C(=C\C(=C/C)NC(=O)N/C(=C/NCc1ccc(-c2c(C)ncnc2C)cc1)ON)C(F)(F)F. The number of aryl methyl sites for hydroxylation is 2. The van der Waals surface area contributed by atoms with Crippen LogP contribution in [0.25, 0.3) is 11.1 Å². The van der Waals surface area contributed by atoms with Crippen LogP contribution in [0.5, 0.6) is 0 Å². The van der Waals surface area contributed by atoms with E-state index < -0.39 is 17.9 Å². The lowest BCUT2D eigenvalue weighted by Gasteiger charge is -2.12. The van der Waals surface area contributed by atoms with Crippen LogP contribution in [0.4, 0.5) is 18.0 Å². The quantitative estimate of drug-likeness (QED) is 0.183. The Morgan fingerprint density at radius 1 is 1.17 bits per heavy atom. The van der Waals surface area contributed by atoms with Gasteiger partial charge in [0.15, 0.2) is 0 Å². The number of carbonyl (C=O) groups is 1. The van der Waals surface area contributed by atoms with Gasteiger partial charge in [-0.15, -0.1) is 0 Å². The number of nitrogens with two attached hydrogens (primary N) is 1. The van der Waals surface area contributed by atoms with Crippen LogP contribution in [0.1, 0.15) is 23.9 Å². The average Bonchev–Trinajstić information content (AvgIpc) is 2.81. The van der Waals surface area contributed by atoms with Gasteiger partial charge in [-0.2, -0.15) is 19.1 Å². The van der Waals surface area contributed by atoms with Gasteiger partial charge in [-0.3, -0.25) is 10.3 Å². The number of carbonyl (C=O) groups excluding carboxylic acids is 1. The molecule has 1 aromatic heterocycles. The Morgan fingerprint density at radius 3 is 2.31 bits per heavy atom. The van der Waals surface area contributed by atoms with Crippen molar-refractivity contribution >= 4 is 12.7 Å². The topological polar surface area (TPSA) is 127 Å². The molecule has 0 atom stereocenters. The summed E-state index contributed by atoms with van der Waals surface area (Å²) >= 11 is 0. The van der Waals surface area contributed by atoms with Crippen molar-refractivity contribution in [3.8, 4) is 11.1 Å². The van der Waals surface area contributed by atoms with Gasteiger partial charge in [0.2, 0.25) is 5.88 Å². The highest BCUT2D eigenvalue weighted by Gasteiger charge is 2.33. The number of benzene rings is 1. The predicted octanol–water partition coefficient (Wildman–Crippen LogP) is 3.89. The van der Waals surface area contributed by atoms with E-state index in [4.69, 9.17) is 5.90 Å². The normalized spacial score (nSPS) is 12.7. The Hall–Kier alpha value is -4.19. The number of allylic oxidation sites excluding steroid dienone is 3. The second kappa shape index (κ2) is 12.3. The summed E-state index contributed by atoms with van der Waals surface area (Å²) in [7, 11) is 0. The molecular weight excluding hydrogens is 463 g/mol. The van der Waals surface area contributed by atoms with Crippen LogP contribution in [0, 0.1) is 13.8 Å². The number of nitrogens with one attached hydrogen (secondary N) is 3. The first-order valence-corrected chi connectivity index (χ1v) is 10.3. The molecule has 0 fully saturated rings. The number of urea groups is 1. The van der Waals surface area contributed by atoms with Crippen LogP contribution in [0.3, 0.4) is 0 Å². The Labute approximate surface area is 200 Å². The number of aromatic nitrogens is 2. The van der Waals surface area contributed by atoms with Crippen molar-refractivity contribution in [2.24, 2.45) is 10.9 Å². The van der Waals surface area contributed by atoms with E-state index in [9.17, 15) is 18.0 Å². The Balaban J connectivity index is 1.98. The highest BCUT2D eigenvalue weighted by Crippen LogP contribution is 2.27. The van der Waals surface area contributed by atoms with Gasteiger partial charge in [0.05, 0.1) is 6.20 Å². The number of nitrogens with zero attached hydrogens (tertiary/aromatic N) is 3. The molecule has 0 aliphatic heterocycles. The van der Waals surface area contributed by atoms with Crippen molar-refractivity contribution < 1.29 is 22.8 Å². The molecule has 35 heavy (non-hydrogen) atoms. The van der Waals surface area contributed by atoms with Crippen molar-refractivity contribution in [3.05, 3.63) is 83.2 Å². The van der Waals surface area contributed by atoms with Gasteiger partial charge < -0.3 is 15.5 Å². The molecule has 2 rings (SSSR count). The number of hydrogen-bond donors (Lipinski definition) is 4. The second-order valence-corrected chi connectivity index (χ2v) is 7.13. The molecule has 0 unspecified atom stereocenters. The second-order valence-electron chi connectivity index (χ2n) is 7.13. The highest BCUT2D eigenvalue weighted by molar-refractivity contribution is 5.78. The first-order chi connectivity index (χ1) is 16.6. The first-order valence-electron chi connectivity index (χ1n) is 10.3. The van der Waals surface area contributed by atoms with E-state index in [0.717, 1.165) is 28.1 Å². The monoisotopic (exact) mass is 489 g/mol. The number of rotatable bonds is 9. The molecule has 0 saturated carbocycles. The lowest BCUT2D eigenvalue weighted by atomic mass is 10.0. The number of amides is 2. The molecule has 12 heteroatoms. The van der Waals surface area contributed by atoms with Crippen LogP contribution in [-0.2, 0) is 11.4 Å². The van der Waals surface area contributed by atoms with Crippen molar-refractivity contribution in [3.63, 3.8) is 0 Å². The maximum atomic E-state index is 12.8. The Kier molecular flexibility index (Phi) is 9.53. The largest absolute Gasteiger partial charge is 0.433 e. The Morgan fingerprint density at radius 2 is 1.80 bits per heavy atom. The van der Waals surface area contributed by atoms with E-state index in [1.165, 1.54) is 25.5 Å². The highest BCUT2D eigenvalue weighted by atomic mass is 19.4. The van der Waals surface area contributed by atoms with Crippen LogP contribution < -0.4 is 21.8 Å². The molecular formula is C23H26F3N7O2. The number of alkyl halides is 3. The molecule has 0 saturated heterocycles. The molecule has 5 N–H and O–H groups in total. The molecule has 0 spiro atoms. The van der Waals surface area contributed by atoms with E-state index >= 15 is 0 Å². The third-order valence-corrected chi connectivity index (χ3v) is 4.69. The third-order valence-electron chi connectivity index (χ3n) is 4.69. The lowest BCUT2D eigenvalue weighted by Crippen LogP contribution is -2.36. The number of hydrogen-bond acceptors (Lipinski definition) is 7. The van der Waals surface area contributed by atoms with Crippen molar-refractivity contribution in [1.29, 1.82) is 0 Å². The van der Waals surface area contributed by atoms with Crippen molar-refractivity contribution in [2.75, 3.05) is 0 Å². The molecule has 0 bridgehead atoms. The first kappa shape index (κ1) is 27.1. The van der Waals surface area contributed by atoms with Crippen molar-refractivity contribution in [2.45, 2.75) is 33.5 Å². The zero-order valence-corrected chi connectivity index (χ0v) is 19.4. The summed E-state index contributed by atoms with van der Waals surface area (Å²) in [6, 6.07) is 6.86. The maximum Gasteiger partial charge on any atom is 0.433 e. The van der Waals surface area contributed by atoms with Crippen LogP contribution in [-0.4, -0.2) is 28.9 Å². The molecule has 9 nitrogen and oxygen atoms in total. The third kappa shape index (κ3) is 7.96. The minimum atomic E-state index is -4.71. The minimum absolute atomic E-state index is 0.152. The molecule has 0 aliphatic rings. The van der Waals surface area contributed by atoms with Crippen LogP contribution >= 0.6 is 0 Å². The zero-order valence-electron chi connectivity index (χ0n) is 19.4. The maximum absolute atomic E-state index is 12.8. The molecule has 186 valence electrons. The summed E-state index contributed by atoms with van der Waals surface area (Å²) < 4.78 is 38.5. The number of aliphatic imine (C=N–C) groups is 1. The molecule has 1 aromatic carbocycles. The van der Waals surface area contributed by atoms with Gasteiger partial charge >= 0.3 is 12.2 Å². The van der Waals surface area contributed by atoms with Gasteiger partial charge in [-0.05, 0) is 44.7 Å². The van der Waals surface area contributed by atoms with Crippen LogP contribution in [0.2, 0.25) is 0 Å². The summed E-state index contributed by atoms with van der Waals surface area (Å²) in [5.74, 6) is 5.01. The van der Waals surface area contributed by atoms with Gasteiger partial charge in [0, 0.05) is 29.2 Å². The van der Waals surface area contributed by atoms with Gasteiger partial charge in [-0.1, -0.05) is 30.3 Å². The van der Waals surface area contributed by atoms with E-state index in [1.54, 1.807) is 0 Å². The minimum Gasteiger partial charge on any atom is -0.391 e. The fourth-order valence-electron chi connectivity index (χ4n) is 2.99. The summed E-state index contributed by atoms with van der Waals surface area (Å²) in [6.07, 6.45) is 0.0264. The standard InChI is InChI=1S/C23H26F3N7O2/c1-5-18(10-19(28-4)23(24,25)26)32-22(34)33-20(35-27)12-29-11-16-6-8-17(9-7-16)21-14(2)30-13-31-15(21)3/h5-10,12-13,29H,4,11,27H2,1-3H3,(H2,32,33,34)/b18-5+,19-10-,20-12-. The fourth-order valence-corrected chi connectivity index (χ4v) is 2.99. The summed E-state index contributed by atoms with van der Waals surface area (Å²) in [6.45, 7) is 8.55. The fraction of sp³-hybridized carbons (Fsp3) is 0.217. The smallest absolute Gasteiger partial charge is 0.391 e. The van der Waals surface area contributed by atoms with Gasteiger partial charge in [0.1, 0.15) is 12.0 Å². The average molecular weight is 490 g/mol. The van der Waals surface area contributed by atoms with Crippen LogP contribution in [0.15, 0.2) is 71.2 Å². The van der Waals surface area contributed by atoms with E-state index in [-0.39, 0.29) is 11.6 Å². The van der Waals surface area contributed by atoms with Crippen molar-refractivity contribution in [1.82, 2.24) is 25.9 Å².